The highest BCUT2D eigenvalue weighted by atomic mass is 31.2. The number of H-pyrrole nitrogens is 1. The molecule has 4 aliphatic heterocycles. The number of nitrogens with zero attached hydrogens (tertiary/aromatic N) is 2. The third-order valence-corrected chi connectivity index (χ3v) is 14.2. The number of carbonyl (C=O) groups excluding carboxylic acids is 8. The van der Waals surface area contributed by atoms with Crippen LogP contribution in [0.2, 0.25) is 0 Å². The number of aryl methyl sites for hydroxylation is 1. The van der Waals surface area contributed by atoms with E-state index in [1.165, 1.54) is 15.9 Å². The predicted octanol–water partition coefficient (Wildman–Crippen LogP) is 3.03. The van der Waals surface area contributed by atoms with Gasteiger partial charge in [-0.3, -0.25) is 53.1 Å². The molecule has 5 heterocycles. The molecule has 9 N–H and O–H groups in total. The Morgan fingerprint density at radius 1 is 0.944 bits per heavy atom. The van der Waals surface area contributed by atoms with Crippen molar-refractivity contribution in [3.05, 3.63) is 99.7 Å². The standard InChI is InChI=1S/C49H51F2N8O11P/c50-49(51,71(68,69)70)31-15-17-34-30(23-31)24-37(54-34)44(63)56-36-16-14-28-11-7-12-29-25-39(59(42(28)29)48(36)67)46(65)55-35(18-20-40(52)60)43(62)53-22-6-4-2-1-3-5-9-27-10-8-13-32-33(27)26-58(47(32)66)38-19-21-41(61)57-45(38)64/h7-8,10-13,15,17,23-24,35-36,38-39,54H,1-4,6,14,16,18-22,25-26H2,(H2,52,60)(H,53,62)(H,55,65)(H,56,63)(H,57,61,64)(H2,68,69,70)/t35-,36+,38?,39-/m0/s1. The lowest BCUT2D eigenvalue weighted by atomic mass is 10.0. The molecule has 8 amide bonds. The molecule has 1 fully saturated rings. The number of aromatic amines is 1. The molecule has 1 unspecified atom stereocenters. The molecule has 19 nitrogen and oxygen atoms in total. The minimum absolute atomic E-state index is 0.0618. The van der Waals surface area contributed by atoms with Crippen LogP contribution in [-0.2, 0) is 58.4 Å². The predicted molar refractivity (Wildman–Crippen MR) is 251 cm³/mol. The van der Waals surface area contributed by atoms with Crippen molar-refractivity contribution in [1.29, 1.82) is 0 Å². The number of rotatable bonds is 17. The number of para-hydroxylation sites is 1. The van der Waals surface area contributed by atoms with Crippen molar-refractivity contribution >= 4 is 71.4 Å². The van der Waals surface area contributed by atoms with E-state index >= 15 is 0 Å². The second-order valence-corrected chi connectivity index (χ2v) is 19.7. The van der Waals surface area contributed by atoms with E-state index in [9.17, 15) is 61.5 Å². The van der Waals surface area contributed by atoms with Crippen molar-refractivity contribution in [3.63, 3.8) is 0 Å². The molecule has 372 valence electrons. The van der Waals surface area contributed by atoms with Crippen LogP contribution in [0.15, 0.2) is 60.7 Å². The van der Waals surface area contributed by atoms with Crippen molar-refractivity contribution in [2.45, 2.75) is 113 Å². The Morgan fingerprint density at radius 2 is 1.70 bits per heavy atom. The molecular weight excluding hydrogens is 946 g/mol. The van der Waals surface area contributed by atoms with Crippen LogP contribution >= 0.6 is 7.60 Å². The minimum atomic E-state index is -5.86. The number of primary amides is 1. The minimum Gasteiger partial charge on any atom is -0.370 e. The fraction of sp³-hybridized carbons (Fsp3) is 0.388. The third-order valence-electron chi connectivity index (χ3n) is 13.2. The summed E-state index contributed by atoms with van der Waals surface area (Å²) in [4.78, 5) is 129. The van der Waals surface area contributed by atoms with Gasteiger partial charge < -0.3 is 41.4 Å². The molecule has 0 aliphatic carbocycles. The fourth-order valence-corrected chi connectivity index (χ4v) is 10.0. The lowest BCUT2D eigenvalue weighted by Gasteiger charge is -2.29. The molecule has 4 atom stereocenters. The van der Waals surface area contributed by atoms with Gasteiger partial charge in [0.25, 0.3) is 11.8 Å². The summed E-state index contributed by atoms with van der Waals surface area (Å²) in [5.41, 5.74) is 4.00. The van der Waals surface area contributed by atoms with Gasteiger partial charge >= 0.3 is 13.3 Å². The van der Waals surface area contributed by atoms with Gasteiger partial charge in [-0.25, -0.2) is 0 Å². The van der Waals surface area contributed by atoms with Crippen LogP contribution in [0.4, 0.5) is 14.5 Å². The van der Waals surface area contributed by atoms with Crippen LogP contribution < -0.4 is 31.9 Å². The molecule has 1 aromatic heterocycles. The van der Waals surface area contributed by atoms with Crippen LogP contribution in [-0.4, -0.2) is 97.6 Å². The van der Waals surface area contributed by atoms with Gasteiger partial charge in [0.2, 0.25) is 35.4 Å². The zero-order chi connectivity index (χ0) is 50.8. The fourth-order valence-electron chi connectivity index (χ4n) is 9.53. The lowest BCUT2D eigenvalue weighted by molar-refractivity contribution is -0.137. The van der Waals surface area contributed by atoms with Gasteiger partial charge in [-0.1, -0.05) is 55.0 Å². The Morgan fingerprint density at radius 3 is 2.46 bits per heavy atom. The number of alkyl halides is 2. The molecule has 0 bridgehead atoms. The molecule has 71 heavy (non-hydrogen) atoms. The number of piperidine rings is 1. The van der Waals surface area contributed by atoms with Gasteiger partial charge in [-0.05, 0) is 85.5 Å². The number of nitrogens with two attached hydrogens (primary N) is 1. The number of hydrogen-bond donors (Lipinski definition) is 8. The van der Waals surface area contributed by atoms with E-state index in [0.717, 1.165) is 48.6 Å². The zero-order valence-corrected chi connectivity index (χ0v) is 39.1. The van der Waals surface area contributed by atoms with E-state index in [2.05, 4.69) is 38.1 Å². The molecule has 3 aromatic carbocycles. The average molecular weight is 997 g/mol. The Labute approximate surface area is 405 Å². The number of unbranched alkanes of at least 4 members (excludes halogenated alkanes) is 4. The normalized spacial score (nSPS) is 19.0. The summed E-state index contributed by atoms with van der Waals surface area (Å²) in [5, 5.41) is 10.6. The summed E-state index contributed by atoms with van der Waals surface area (Å²) in [6.45, 7) is 0.494. The summed E-state index contributed by atoms with van der Waals surface area (Å²) in [6.07, 6.45) is 4.14. The lowest BCUT2D eigenvalue weighted by Crippen LogP contribution is -2.57. The van der Waals surface area contributed by atoms with Crippen molar-refractivity contribution in [2.24, 2.45) is 5.73 Å². The maximum Gasteiger partial charge on any atom is 0.399 e. The quantitative estimate of drug-likeness (QED) is 0.0329. The van der Waals surface area contributed by atoms with Crippen molar-refractivity contribution in [3.8, 4) is 11.8 Å². The van der Waals surface area contributed by atoms with Crippen LogP contribution in [0.5, 0.6) is 0 Å². The first-order valence-electron chi connectivity index (χ1n) is 23.3. The number of carbonyl (C=O) groups is 8. The highest BCUT2D eigenvalue weighted by Gasteiger charge is 2.50. The summed E-state index contributed by atoms with van der Waals surface area (Å²) in [6, 6.07) is 10.5. The van der Waals surface area contributed by atoms with Gasteiger partial charge in [-0.2, -0.15) is 8.78 Å². The van der Waals surface area contributed by atoms with E-state index in [1.54, 1.807) is 24.3 Å². The van der Waals surface area contributed by atoms with Crippen molar-refractivity contribution in [2.75, 3.05) is 11.4 Å². The van der Waals surface area contributed by atoms with Gasteiger partial charge in [0.1, 0.15) is 29.9 Å². The highest BCUT2D eigenvalue weighted by Crippen LogP contribution is 2.59. The van der Waals surface area contributed by atoms with Crippen LogP contribution in [0.1, 0.15) is 113 Å². The van der Waals surface area contributed by atoms with Crippen LogP contribution in [0.3, 0.4) is 0 Å². The van der Waals surface area contributed by atoms with Gasteiger partial charge in [0, 0.05) is 66.4 Å². The van der Waals surface area contributed by atoms with Crippen LogP contribution in [0, 0.1) is 11.8 Å². The van der Waals surface area contributed by atoms with Crippen molar-refractivity contribution < 1.29 is 61.5 Å². The molecule has 4 aliphatic rings. The monoisotopic (exact) mass is 996 g/mol. The van der Waals surface area contributed by atoms with E-state index in [-0.39, 0.29) is 80.0 Å². The van der Waals surface area contributed by atoms with Gasteiger partial charge in [0.15, 0.2) is 0 Å². The Balaban J connectivity index is 0.843. The van der Waals surface area contributed by atoms with E-state index in [1.807, 2.05) is 12.1 Å². The largest absolute Gasteiger partial charge is 0.399 e. The smallest absolute Gasteiger partial charge is 0.370 e. The molecule has 1 saturated heterocycles. The number of aromatic nitrogens is 1. The molecule has 0 spiro atoms. The van der Waals surface area contributed by atoms with Gasteiger partial charge in [-0.15, -0.1) is 0 Å². The number of imide groups is 1. The first-order valence-corrected chi connectivity index (χ1v) is 24.9. The Bertz CT molecular complexity index is 2980. The highest BCUT2D eigenvalue weighted by molar-refractivity contribution is 7.52. The summed E-state index contributed by atoms with van der Waals surface area (Å²) < 4.78 is 40.4. The summed E-state index contributed by atoms with van der Waals surface area (Å²) >= 11 is 0. The number of fused-ring (bicyclic) bond motifs is 2. The third kappa shape index (κ3) is 10.6. The molecule has 22 heteroatoms. The summed E-state index contributed by atoms with van der Waals surface area (Å²) in [7, 11) is -5.86. The number of nitrogens with one attached hydrogen (secondary N) is 5. The van der Waals surface area contributed by atoms with E-state index in [0.29, 0.717) is 41.6 Å². The molecule has 0 saturated carbocycles. The topological polar surface area (TPSA) is 290 Å². The molecule has 0 radical (unpaired) electrons. The number of anilines is 1. The number of halogens is 2. The number of benzene rings is 3. The maximum atomic E-state index is 14.5. The van der Waals surface area contributed by atoms with Crippen molar-refractivity contribution in [1.82, 2.24) is 31.2 Å². The first kappa shape index (κ1) is 50.1. The zero-order valence-electron chi connectivity index (χ0n) is 38.2. The number of amides is 8. The molecule has 8 rings (SSSR count). The Kier molecular flexibility index (Phi) is 14.5. The molecule has 4 aromatic rings. The molecular formula is C49H51F2N8O11P. The first-order chi connectivity index (χ1) is 33.8. The second kappa shape index (κ2) is 20.6. The van der Waals surface area contributed by atoms with Gasteiger partial charge in [0.05, 0.1) is 5.69 Å². The Hall–Kier alpha value is -7.27. The van der Waals surface area contributed by atoms with E-state index < -0.39 is 78.4 Å². The van der Waals surface area contributed by atoms with Crippen LogP contribution in [0.25, 0.3) is 10.9 Å². The average Bonchev–Trinajstić information content (AvgIpc) is 4.01. The van der Waals surface area contributed by atoms with E-state index in [4.69, 9.17) is 5.73 Å². The SMILES string of the molecule is NC(=O)CC[C@H](NC(=O)[C@@H]1Cc2cccc3c2N1C(=O)[C@H](NC(=O)c1cc2cc(C(F)(F)P(=O)(O)O)ccc2[nH]1)CC3)C(=O)NCCCCCCC#Cc1cccc2c1CN(C1CCC(=O)NC1=O)C2=O. The number of hydrogen-bond acceptors (Lipinski definition) is 9. The summed E-state index contributed by atoms with van der Waals surface area (Å²) in [5.74, 6) is 1.93. The maximum absolute atomic E-state index is 14.5. The second-order valence-electron chi connectivity index (χ2n) is 18.0.